The summed E-state index contributed by atoms with van der Waals surface area (Å²) in [5.41, 5.74) is 1.44. The van der Waals surface area contributed by atoms with Gasteiger partial charge in [-0.2, -0.15) is 0 Å². The Morgan fingerprint density at radius 2 is 1.85 bits per heavy atom. The Morgan fingerprint density at radius 3 is 2.50 bits per heavy atom. The van der Waals surface area contributed by atoms with E-state index >= 15 is 0 Å². The summed E-state index contributed by atoms with van der Waals surface area (Å²) in [6.07, 6.45) is 6.27. The smallest absolute Gasteiger partial charge is 0.191 e. The van der Waals surface area contributed by atoms with Gasteiger partial charge >= 0.3 is 0 Å². The molecule has 146 valence electrons. The summed E-state index contributed by atoms with van der Waals surface area (Å²) in [7, 11) is 0. The summed E-state index contributed by atoms with van der Waals surface area (Å²) in [4.78, 5) is 7.29. The van der Waals surface area contributed by atoms with E-state index in [4.69, 9.17) is 0 Å². The highest BCUT2D eigenvalue weighted by atomic mass is 127. The fourth-order valence-electron chi connectivity index (χ4n) is 3.77. The quantitative estimate of drug-likeness (QED) is 0.360. The highest BCUT2D eigenvalue weighted by molar-refractivity contribution is 14.0. The van der Waals surface area contributed by atoms with Gasteiger partial charge in [-0.05, 0) is 44.7 Å². The molecule has 1 aliphatic carbocycles. The van der Waals surface area contributed by atoms with Crippen LogP contribution in [-0.4, -0.2) is 49.1 Å². The lowest BCUT2D eigenvalue weighted by atomic mass is 10.0. The van der Waals surface area contributed by atoms with Crippen molar-refractivity contribution < 1.29 is 0 Å². The number of likely N-dealkylation sites (tertiary alicyclic amines) is 1. The first-order chi connectivity index (χ1) is 12.3. The van der Waals surface area contributed by atoms with E-state index in [0.717, 1.165) is 12.5 Å². The molecule has 0 aromatic heterocycles. The van der Waals surface area contributed by atoms with Crippen molar-refractivity contribution >= 4 is 29.9 Å². The zero-order chi connectivity index (χ0) is 17.5. The van der Waals surface area contributed by atoms with Gasteiger partial charge in [0, 0.05) is 37.6 Å². The molecule has 0 amide bonds. The molecule has 5 heteroatoms. The van der Waals surface area contributed by atoms with Crippen LogP contribution in [0.5, 0.6) is 0 Å². The lowest BCUT2D eigenvalue weighted by Crippen LogP contribution is -2.49. The highest BCUT2D eigenvalue weighted by Crippen LogP contribution is 2.40. The lowest BCUT2D eigenvalue weighted by Gasteiger charge is -2.33. The summed E-state index contributed by atoms with van der Waals surface area (Å²) in [5.74, 6) is 1.65. The number of rotatable bonds is 7. The van der Waals surface area contributed by atoms with Gasteiger partial charge in [0.05, 0.1) is 0 Å². The Balaban J connectivity index is 0.00000243. The van der Waals surface area contributed by atoms with Gasteiger partial charge in [-0.3, -0.25) is 4.99 Å². The number of aliphatic imine (C=N–C) groups is 1. The van der Waals surface area contributed by atoms with E-state index in [9.17, 15) is 0 Å². The molecule has 1 aliphatic heterocycles. The lowest BCUT2D eigenvalue weighted by molar-refractivity contribution is 0.203. The second-order valence-corrected chi connectivity index (χ2v) is 7.44. The van der Waals surface area contributed by atoms with Crippen LogP contribution < -0.4 is 10.6 Å². The first-order valence-electron chi connectivity index (χ1n) is 10.1. The Labute approximate surface area is 176 Å². The van der Waals surface area contributed by atoms with Crippen molar-refractivity contribution in [1.29, 1.82) is 0 Å². The van der Waals surface area contributed by atoms with Crippen LogP contribution in [-0.2, 0) is 0 Å². The van der Waals surface area contributed by atoms with Crippen molar-refractivity contribution in [2.24, 2.45) is 4.99 Å². The molecule has 0 radical (unpaired) electrons. The molecule has 2 atom stereocenters. The van der Waals surface area contributed by atoms with Crippen molar-refractivity contribution in [3.8, 4) is 0 Å². The largest absolute Gasteiger partial charge is 0.354 e. The molecule has 2 fully saturated rings. The Bertz CT molecular complexity index is 540. The predicted molar refractivity (Wildman–Crippen MR) is 122 cm³/mol. The minimum absolute atomic E-state index is 0. The monoisotopic (exact) mass is 470 g/mol. The summed E-state index contributed by atoms with van der Waals surface area (Å²) in [6, 6.07) is 11.9. The molecule has 1 aromatic carbocycles. The number of nitrogens with zero attached hydrogens (tertiary/aromatic N) is 2. The van der Waals surface area contributed by atoms with Crippen molar-refractivity contribution in [2.75, 3.05) is 26.2 Å². The van der Waals surface area contributed by atoms with E-state index in [1.807, 2.05) is 0 Å². The van der Waals surface area contributed by atoms with E-state index in [2.05, 4.69) is 64.7 Å². The Morgan fingerprint density at radius 1 is 1.12 bits per heavy atom. The zero-order valence-electron chi connectivity index (χ0n) is 16.3. The molecule has 3 rings (SSSR count). The molecular formula is C21H35IN4. The number of unbranched alkanes of at least 4 members (excludes halogenated alkanes) is 1. The topological polar surface area (TPSA) is 39.7 Å². The minimum atomic E-state index is 0. The van der Waals surface area contributed by atoms with E-state index in [1.165, 1.54) is 57.3 Å². The van der Waals surface area contributed by atoms with E-state index in [-0.39, 0.29) is 24.0 Å². The molecule has 1 heterocycles. The van der Waals surface area contributed by atoms with E-state index < -0.39 is 0 Å². The predicted octanol–water partition coefficient (Wildman–Crippen LogP) is 3.98. The zero-order valence-corrected chi connectivity index (χ0v) is 18.6. The molecule has 1 aromatic rings. The standard InChI is InChI=1S/C21H34N4.HI/c1-3-5-13-25-14-11-18(12-15-25)23-21(22-4-2)24-20-16-19(20)17-9-7-6-8-10-17;/h6-10,18-20H,3-5,11-16H2,1-2H3,(H2,22,23,24);1H. The normalized spacial score (nSPS) is 24.0. The molecule has 2 unspecified atom stereocenters. The number of hydrogen-bond acceptors (Lipinski definition) is 2. The average Bonchev–Trinajstić information content (AvgIpc) is 3.41. The number of benzene rings is 1. The third kappa shape index (κ3) is 6.41. The fraction of sp³-hybridized carbons (Fsp3) is 0.667. The molecule has 2 aliphatic rings. The molecule has 2 N–H and O–H groups in total. The highest BCUT2D eigenvalue weighted by Gasteiger charge is 2.39. The van der Waals surface area contributed by atoms with Crippen molar-refractivity contribution in [3.05, 3.63) is 35.9 Å². The van der Waals surface area contributed by atoms with Crippen LogP contribution in [0.1, 0.15) is 57.4 Å². The van der Waals surface area contributed by atoms with Gasteiger partial charge < -0.3 is 15.5 Å². The summed E-state index contributed by atoms with van der Waals surface area (Å²) >= 11 is 0. The SMILES string of the molecule is CCCCN1CCC(NC(=NCC)NC2CC2c2ccccc2)CC1.I. The van der Waals surface area contributed by atoms with Gasteiger partial charge in [0.25, 0.3) is 0 Å². The minimum Gasteiger partial charge on any atom is -0.354 e. The summed E-state index contributed by atoms with van der Waals surface area (Å²) < 4.78 is 0. The van der Waals surface area contributed by atoms with Crippen LogP contribution >= 0.6 is 24.0 Å². The summed E-state index contributed by atoms with van der Waals surface area (Å²) in [5, 5.41) is 7.35. The molecule has 1 saturated heterocycles. The van der Waals surface area contributed by atoms with Crippen LogP contribution in [0.4, 0.5) is 0 Å². The van der Waals surface area contributed by atoms with Crippen molar-refractivity contribution in [3.63, 3.8) is 0 Å². The van der Waals surface area contributed by atoms with Gasteiger partial charge in [-0.1, -0.05) is 43.7 Å². The summed E-state index contributed by atoms with van der Waals surface area (Å²) in [6.45, 7) is 8.90. The number of piperidine rings is 1. The van der Waals surface area contributed by atoms with Crippen LogP contribution in [0.2, 0.25) is 0 Å². The third-order valence-corrected chi connectivity index (χ3v) is 5.41. The molecular weight excluding hydrogens is 435 g/mol. The number of hydrogen-bond donors (Lipinski definition) is 2. The number of nitrogens with one attached hydrogen (secondary N) is 2. The Hall–Kier alpha value is -0.820. The van der Waals surface area contributed by atoms with Gasteiger partial charge in [0.15, 0.2) is 5.96 Å². The maximum atomic E-state index is 4.68. The maximum Gasteiger partial charge on any atom is 0.191 e. The van der Waals surface area contributed by atoms with Crippen LogP contribution in [0.25, 0.3) is 0 Å². The first kappa shape index (κ1) is 21.5. The molecule has 0 bridgehead atoms. The maximum absolute atomic E-state index is 4.68. The third-order valence-electron chi connectivity index (χ3n) is 5.41. The number of halogens is 1. The molecule has 0 spiro atoms. The van der Waals surface area contributed by atoms with Crippen molar-refractivity contribution in [1.82, 2.24) is 15.5 Å². The van der Waals surface area contributed by atoms with Gasteiger partial charge in [-0.25, -0.2) is 0 Å². The van der Waals surface area contributed by atoms with Crippen LogP contribution in [0.3, 0.4) is 0 Å². The Kier molecular flexibility index (Phi) is 9.19. The van der Waals surface area contributed by atoms with Gasteiger partial charge in [0.1, 0.15) is 0 Å². The first-order valence-corrected chi connectivity index (χ1v) is 10.1. The average molecular weight is 470 g/mol. The van der Waals surface area contributed by atoms with Gasteiger partial charge in [0.2, 0.25) is 0 Å². The van der Waals surface area contributed by atoms with Crippen molar-refractivity contribution in [2.45, 2.75) is 64.0 Å². The second kappa shape index (κ2) is 11.1. The van der Waals surface area contributed by atoms with Crippen LogP contribution in [0.15, 0.2) is 35.3 Å². The molecule has 26 heavy (non-hydrogen) atoms. The fourth-order valence-corrected chi connectivity index (χ4v) is 3.77. The molecule has 1 saturated carbocycles. The number of guanidine groups is 1. The van der Waals surface area contributed by atoms with E-state index in [1.54, 1.807) is 0 Å². The van der Waals surface area contributed by atoms with Crippen LogP contribution in [0, 0.1) is 0 Å². The second-order valence-electron chi connectivity index (χ2n) is 7.44. The van der Waals surface area contributed by atoms with E-state index in [0.29, 0.717) is 18.0 Å². The molecule has 4 nitrogen and oxygen atoms in total. The van der Waals surface area contributed by atoms with Gasteiger partial charge in [-0.15, -0.1) is 24.0 Å².